The van der Waals surface area contributed by atoms with Crippen molar-refractivity contribution in [1.82, 2.24) is 15.3 Å². The van der Waals surface area contributed by atoms with Crippen molar-refractivity contribution in [2.45, 2.75) is 24.7 Å². The average molecular weight is 372 g/mol. The molecule has 138 valence electrons. The highest BCUT2D eigenvalue weighted by Gasteiger charge is 2.15. The zero-order chi connectivity index (χ0) is 18.4. The van der Waals surface area contributed by atoms with Gasteiger partial charge in [-0.3, -0.25) is 4.79 Å². The molecular weight excluding hydrogens is 348 g/mol. The molecule has 7 heteroatoms. The first kappa shape index (κ1) is 18.5. The van der Waals surface area contributed by atoms with Crippen LogP contribution in [0.3, 0.4) is 0 Å². The van der Waals surface area contributed by atoms with E-state index in [1.54, 1.807) is 11.8 Å². The van der Waals surface area contributed by atoms with Crippen LogP contribution in [0.2, 0.25) is 0 Å². The molecule has 1 fully saturated rings. The van der Waals surface area contributed by atoms with Gasteiger partial charge in [0.15, 0.2) is 0 Å². The summed E-state index contributed by atoms with van der Waals surface area (Å²) < 4.78 is 5.73. The topological polar surface area (TPSA) is 67.3 Å². The van der Waals surface area contributed by atoms with Crippen molar-refractivity contribution in [3.63, 3.8) is 0 Å². The van der Waals surface area contributed by atoms with E-state index < -0.39 is 0 Å². The van der Waals surface area contributed by atoms with Gasteiger partial charge >= 0.3 is 0 Å². The molecule has 3 rings (SSSR count). The molecule has 0 saturated carbocycles. The summed E-state index contributed by atoms with van der Waals surface area (Å²) in [6.45, 7) is 4.71. The molecule has 0 spiro atoms. The number of amides is 1. The monoisotopic (exact) mass is 372 g/mol. The quantitative estimate of drug-likeness (QED) is 0.595. The van der Waals surface area contributed by atoms with Crippen molar-refractivity contribution in [2.75, 3.05) is 37.4 Å². The van der Waals surface area contributed by atoms with Gasteiger partial charge in [0, 0.05) is 24.1 Å². The number of carbonyl (C=O) groups is 1. The molecule has 6 nitrogen and oxygen atoms in total. The van der Waals surface area contributed by atoms with E-state index in [0.29, 0.717) is 30.4 Å². The van der Waals surface area contributed by atoms with Crippen LogP contribution in [-0.4, -0.2) is 48.4 Å². The van der Waals surface area contributed by atoms with E-state index in [2.05, 4.69) is 20.2 Å². The van der Waals surface area contributed by atoms with Crippen LogP contribution in [0.1, 0.15) is 29.0 Å². The smallest absolute Gasteiger partial charge is 0.252 e. The Morgan fingerprint density at radius 2 is 2.04 bits per heavy atom. The van der Waals surface area contributed by atoms with E-state index >= 15 is 0 Å². The molecule has 1 aromatic heterocycles. The van der Waals surface area contributed by atoms with Crippen molar-refractivity contribution < 1.29 is 9.53 Å². The van der Waals surface area contributed by atoms with Gasteiger partial charge in [-0.1, -0.05) is 12.1 Å². The second kappa shape index (κ2) is 8.89. The maximum atomic E-state index is 12.3. The predicted molar refractivity (Wildman–Crippen MR) is 104 cm³/mol. The Bertz CT molecular complexity index is 763. The number of nitrogens with one attached hydrogen (secondary N) is 1. The molecule has 1 saturated heterocycles. The first-order valence-corrected chi connectivity index (χ1v) is 10.0. The zero-order valence-corrected chi connectivity index (χ0v) is 16.0. The van der Waals surface area contributed by atoms with Gasteiger partial charge in [-0.05, 0) is 38.2 Å². The van der Waals surface area contributed by atoms with Gasteiger partial charge in [0.05, 0.1) is 12.1 Å². The Kier molecular flexibility index (Phi) is 6.33. The molecule has 0 atom stereocenters. The minimum atomic E-state index is -0.0878. The highest BCUT2D eigenvalue weighted by molar-refractivity contribution is 7.98. The minimum Gasteiger partial charge on any atom is -0.476 e. The summed E-state index contributed by atoms with van der Waals surface area (Å²) in [5, 5.41) is 2.90. The lowest BCUT2D eigenvalue weighted by Crippen LogP contribution is -2.28. The van der Waals surface area contributed by atoms with Crippen LogP contribution in [-0.2, 0) is 0 Å². The Morgan fingerprint density at radius 3 is 2.81 bits per heavy atom. The molecule has 1 amide bonds. The summed E-state index contributed by atoms with van der Waals surface area (Å²) in [6.07, 6.45) is 4.36. The fourth-order valence-corrected chi connectivity index (χ4v) is 3.55. The molecule has 0 aliphatic carbocycles. The molecule has 0 bridgehead atoms. The SMILES string of the molecule is CSc1ccccc1C(=O)NCCOc1cc(N2CCCC2)nc(C)n1. The third-order valence-corrected chi connectivity index (χ3v) is 5.02. The van der Waals surface area contributed by atoms with Gasteiger partial charge in [0.1, 0.15) is 18.2 Å². The Balaban J connectivity index is 1.52. The number of anilines is 1. The van der Waals surface area contributed by atoms with E-state index in [-0.39, 0.29) is 5.91 Å². The molecule has 0 unspecified atom stereocenters. The predicted octanol–water partition coefficient (Wildman–Crippen LogP) is 2.92. The largest absolute Gasteiger partial charge is 0.476 e. The van der Waals surface area contributed by atoms with Crippen LogP contribution in [0.25, 0.3) is 0 Å². The van der Waals surface area contributed by atoms with Gasteiger partial charge in [0.2, 0.25) is 5.88 Å². The fourth-order valence-electron chi connectivity index (χ4n) is 2.96. The number of aryl methyl sites for hydroxylation is 1. The van der Waals surface area contributed by atoms with Crippen molar-refractivity contribution >= 4 is 23.5 Å². The third kappa shape index (κ3) is 4.66. The molecule has 1 N–H and O–H groups in total. The first-order valence-electron chi connectivity index (χ1n) is 8.82. The molecule has 1 aromatic carbocycles. The average Bonchev–Trinajstić information content (AvgIpc) is 3.19. The van der Waals surface area contributed by atoms with Crippen LogP contribution in [0, 0.1) is 6.92 Å². The lowest BCUT2D eigenvalue weighted by atomic mass is 10.2. The van der Waals surface area contributed by atoms with Crippen LogP contribution >= 0.6 is 11.8 Å². The molecule has 2 aromatic rings. The lowest BCUT2D eigenvalue weighted by molar-refractivity contribution is 0.0943. The number of nitrogens with zero attached hydrogens (tertiary/aromatic N) is 3. The van der Waals surface area contributed by atoms with Crippen LogP contribution in [0.5, 0.6) is 5.88 Å². The summed E-state index contributed by atoms with van der Waals surface area (Å²) in [5.41, 5.74) is 0.689. The minimum absolute atomic E-state index is 0.0878. The summed E-state index contributed by atoms with van der Waals surface area (Å²) >= 11 is 1.56. The van der Waals surface area contributed by atoms with Crippen LogP contribution < -0.4 is 15.0 Å². The van der Waals surface area contributed by atoms with E-state index in [1.165, 1.54) is 12.8 Å². The van der Waals surface area contributed by atoms with E-state index in [1.807, 2.05) is 43.5 Å². The number of hydrogen-bond acceptors (Lipinski definition) is 6. The second-order valence-electron chi connectivity index (χ2n) is 6.11. The highest BCUT2D eigenvalue weighted by atomic mass is 32.2. The van der Waals surface area contributed by atoms with Crippen LogP contribution in [0.15, 0.2) is 35.2 Å². The Hall–Kier alpha value is -2.28. The zero-order valence-electron chi connectivity index (χ0n) is 15.2. The van der Waals surface area contributed by atoms with Crippen molar-refractivity contribution in [3.05, 3.63) is 41.7 Å². The normalized spacial score (nSPS) is 13.7. The van der Waals surface area contributed by atoms with Gasteiger partial charge in [-0.25, -0.2) is 4.98 Å². The van der Waals surface area contributed by atoms with Crippen molar-refractivity contribution in [1.29, 1.82) is 0 Å². The summed E-state index contributed by atoms with van der Waals surface area (Å²) in [5.74, 6) is 2.08. The molecule has 1 aliphatic heterocycles. The van der Waals surface area contributed by atoms with Crippen LogP contribution in [0.4, 0.5) is 5.82 Å². The van der Waals surface area contributed by atoms with Crippen molar-refractivity contribution in [3.8, 4) is 5.88 Å². The number of aromatic nitrogens is 2. The Labute approximate surface area is 158 Å². The second-order valence-corrected chi connectivity index (χ2v) is 6.96. The van der Waals surface area contributed by atoms with E-state index in [9.17, 15) is 4.79 Å². The highest BCUT2D eigenvalue weighted by Crippen LogP contribution is 2.22. The van der Waals surface area contributed by atoms with Crippen molar-refractivity contribution in [2.24, 2.45) is 0 Å². The number of carbonyl (C=O) groups excluding carboxylic acids is 1. The summed E-state index contributed by atoms with van der Waals surface area (Å²) in [4.78, 5) is 24.3. The molecule has 1 aliphatic rings. The lowest BCUT2D eigenvalue weighted by Gasteiger charge is -2.17. The number of thioether (sulfide) groups is 1. The Morgan fingerprint density at radius 1 is 1.27 bits per heavy atom. The van der Waals surface area contributed by atoms with Gasteiger partial charge in [-0.2, -0.15) is 4.98 Å². The molecule has 2 heterocycles. The fraction of sp³-hybridized carbons (Fsp3) is 0.421. The van der Waals surface area contributed by atoms with Gasteiger partial charge in [0.25, 0.3) is 5.91 Å². The number of benzene rings is 1. The number of rotatable bonds is 7. The number of ether oxygens (including phenoxy) is 1. The maximum absolute atomic E-state index is 12.3. The first-order chi connectivity index (χ1) is 12.7. The standard InChI is InChI=1S/C19H24N4O2S/c1-14-21-17(23-10-5-6-11-23)13-18(22-14)25-12-9-20-19(24)15-7-3-4-8-16(15)26-2/h3-4,7-8,13H,5-6,9-12H2,1-2H3,(H,20,24). The maximum Gasteiger partial charge on any atom is 0.252 e. The number of hydrogen-bond donors (Lipinski definition) is 1. The molecular formula is C19H24N4O2S. The van der Waals surface area contributed by atoms with E-state index in [0.717, 1.165) is 23.8 Å². The molecule has 0 radical (unpaired) electrons. The summed E-state index contributed by atoms with van der Waals surface area (Å²) in [7, 11) is 0. The summed E-state index contributed by atoms with van der Waals surface area (Å²) in [6, 6.07) is 9.46. The molecule has 26 heavy (non-hydrogen) atoms. The van der Waals surface area contributed by atoms with Gasteiger partial charge in [-0.15, -0.1) is 11.8 Å². The van der Waals surface area contributed by atoms with Gasteiger partial charge < -0.3 is 15.0 Å². The van der Waals surface area contributed by atoms with E-state index in [4.69, 9.17) is 4.74 Å². The third-order valence-electron chi connectivity index (χ3n) is 4.22.